The van der Waals surface area contributed by atoms with Crippen LogP contribution in [0.4, 0.5) is 5.13 Å². The topological polar surface area (TPSA) is 63.2 Å². The second kappa shape index (κ2) is 8.18. The average Bonchev–Trinajstić information content (AvgIpc) is 2.78. The highest BCUT2D eigenvalue weighted by Crippen LogP contribution is 2.20. The van der Waals surface area contributed by atoms with Gasteiger partial charge in [-0.3, -0.25) is 4.79 Å². The van der Waals surface area contributed by atoms with E-state index in [-0.39, 0.29) is 11.9 Å². The number of ether oxygens (including phenoxy) is 1. The largest absolute Gasteiger partial charge is 0.381 e. The van der Waals surface area contributed by atoms with Gasteiger partial charge in [-0.2, -0.15) is 0 Å². The van der Waals surface area contributed by atoms with Crippen LogP contribution < -0.4 is 10.6 Å². The van der Waals surface area contributed by atoms with E-state index < -0.39 is 0 Å². The first-order valence-electron chi connectivity index (χ1n) is 6.23. The normalized spacial score (nSPS) is 12.4. The molecule has 1 atom stereocenters. The summed E-state index contributed by atoms with van der Waals surface area (Å²) >= 11 is 1.45. The molecule has 0 aromatic carbocycles. The highest BCUT2D eigenvalue weighted by Gasteiger charge is 2.10. The number of aromatic nitrogens is 1. The summed E-state index contributed by atoms with van der Waals surface area (Å²) in [5.41, 5.74) is 0.960. The lowest BCUT2D eigenvalue weighted by atomic mass is 10.3. The first kappa shape index (κ1) is 15.1. The molecule has 0 saturated heterocycles. The molecule has 1 amide bonds. The minimum absolute atomic E-state index is 0.0551. The fourth-order valence-corrected chi connectivity index (χ4v) is 2.26. The van der Waals surface area contributed by atoms with E-state index in [9.17, 15) is 4.79 Å². The van der Waals surface area contributed by atoms with Gasteiger partial charge in [0.2, 0.25) is 5.91 Å². The van der Waals surface area contributed by atoms with Crippen LogP contribution in [0.3, 0.4) is 0 Å². The van der Waals surface area contributed by atoms with E-state index in [2.05, 4.69) is 29.5 Å². The third-order valence-electron chi connectivity index (χ3n) is 2.40. The van der Waals surface area contributed by atoms with Gasteiger partial charge in [0.15, 0.2) is 5.13 Å². The minimum atomic E-state index is -0.0551. The number of carbonyl (C=O) groups excluding carboxylic acids is 1. The van der Waals surface area contributed by atoms with Crippen LogP contribution in [0.25, 0.3) is 0 Å². The van der Waals surface area contributed by atoms with Crippen molar-refractivity contribution in [1.29, 1.82) is 0 Å². The van der Waals surface area contributed by atoms with Crippen LogP contribution in [-0.4, -0.2) is 30.6 Å². The smallest absolute Gasteiger partial charge is 0.228 e. The van der Waals surface area contributed by atoms with E-state index >= 15 is 0 Å². The predicted octanol–water partition coefficient (Wildman–Crippen LogP) is 2.18. The number of hydrogen-bond acceptors (Lipinski definition) is 5. The molecule has 0 aliphatic heterocycles. The fraction of sp³-hybridized carbons (Fsp3) is 0.667. The predicted molar refractivity (Wildman–Crippen MR) is 73.9 cm³/mol. The molecule has 5 nitrogen and oxygen atoms in total. The van der Waals surface area contributed by atoms with Crippen LogP contribution in [0.5, 0.6) is 0 Å². The third kappa shape index (κ3) is 5.12. The van der Waals surface area contributed by atoms with Crippen LogP contribution in [0.2, 0.25) is 0 Å². The molecule has 6 heteroatoms. The van der Waals surface area contributed by atoms with Gasteiger partial charge in [0.1, 0.15) is 0 Å². The van der Waals surface area contributed by atoms with Gasteiger partial charge in [-0.15, -0.1) is 11.3 Å². The molecule has 1 aromatic heterocycles. The second-order valence-corrected chi connectivity index (χ2v) is 4.71. The van der Waals surface area contributed by atoms with Crippen molar-refractivity contribution < 1.29 is 9.53 Å². The van der Waals surface area contributed by atoms with Gasteiger partial charge >= 0.3 is 0 Å². The highest BCUT2D eigenvalue weighted by atomic mass is 32.1. The zero-order valence-corrected chi connectivity index (χ0v) is 12.0. The zero-order valence-electron chi connectivity index (χ0n) is 11.2. The van der Waals surface area contributed by atoms with Crippen LogP contribution in [0, 0.1) is 0 Å². The van der Waals surface area contributed by atoms with Gasteiger partial charge in [0, 0.05) is 18.0 Å². The number of amides is 1. The highest BCUT2D eigenvalue weighted by molar-refractivity contribution is 7.13. The Hall–Kier alpha value is -0.980. The number of nitrogens with zero attached hydrogens (tertiary/aromatic N) is 1. The monoisotopic (exact) mass is 271 g/mol. The van der Waals surface area contributed by atoms with Crippen LogP contribution in [0.1, 0.15) is 38.9 Å². The number of nitrogens with one attached hydrogen (secondary N) is 2. The molecule has 1 aromatic rings. The Morgan fingerprint density at radius 2 is 2.33 bits per heavy atom. The molecule has 0 aliphatic rings. The molecular weight excluding hydrogens is 250 g/mol. The number of thiazole rings is 1. The van der Waals surface area contributed by atoms with E-state index in [0.717, 1.165) is 12.2 Å². The molecular formula is C12H21N3O2S. The second-order valence-electron chi connectivity index (χ2n) is 3.85. The molecule has 0 saturated carbocycles. The minimum Gasteiger partial charge on any atom is -0.381 e. The molecule has 2 N–H and O–H groups in total. The number of anilines is 1. The lowest BCUT2D eigenvalue weighted by Gasteiger charge is -2.08. The SMILES string of the molecule is CCNC(C)c1csc(NC(=O)CCOCC)n1. The van der Waals surface area contributed by atoms with E-state index in [0.29, 0.717) is 24.8 Å². The Labute approximate surface area is 112 Å². The molecule has 0 bridgehead atoms. The number of hydrogen-bond donors (Lipinski definition) is 2. The Morgan fingerprint density at radius 3 is 3.00 bits per heavy atom. The van der Waals surface area contributed by atoms with E-state index in [1.807, 2.05) is 12.3 Å². The van der Waals surface area contributed by atoms with Crippen LogP contribution in [-0.2, 0) is 9.53 Å². The first-order valence-corrected chi connectivity index (χ1v) is 7.11. The van der Waals surface area contributed by atoms with E-state index in [4.69, 9.17) is 4.74 Å². The summed E-state index contributed by atoms with van der Waals surface area (Å²) in [6.45, 7) is 8.00. The van der Waals surface area contributed by atoms with Crippen LogP contribution >= 0.6 is 11.3 Å². The molecule has 1 unspecified atom stereocenters. The summed E-state index contributed by atoms with van der Waals surface area (Å²) in [5, 5.41) is 8.67. The molecule has 0 radical (unpaired) electrons. The summed E-state index contributed by atoms with van der Waals surface area (Å²) in [6, 6.07) is 0.209. The summed E-state index contributed by atoms with van der Waals surface area (Å²) in [6.07, 6.45) is 0.367. The Morgan fingerprint density at radius 1 is 1.56 bits per heavy atom. The number of carbonyl (C=O) groups is 1. The Bertz CT molecular complexity index is 368. The van der Waals surface area contributed by atoms with Crippen molar-refractivity contribution in [3.8, 4) is 0 Å². The van der Waals surface area contributed by atoms with Crippen LogP contribution in [0.15, 0.2) is 5.38 Å². The van der Waals surface area contributed by atoms with Crippen molar-refractivity contribution in [3.05, 3.63) is 11.1 Å². The standard InChI is InChI=1S/C12H21N3O2S/c1-4-13-9(3)10-8-18-12(14-10)15-11(16)6-7-17-5-2/h8-9,13H,4-7H2,1-3H3,(H,14,15,16). The van der Waals surface area contributed by atoms with Gasteiger partial charge in [-0.1, -0.05) is 6.92 Å². The van der Waals surface area contributed by atoms with Gasteiger partial charge in [0.25, 0.3) is 0 Å². The molecule has 0 spiro atoms. The summed E-state index contributed by atoms with van der Waals surface area (Å²) < 4.78 is 5.13. The summed E-state index contributed by atoms with van der Waals surface area (Å²) in [5.74, 6) is -0.0551. The molecule has 0 aliphatic carbocycles. The quantitative estimate of drug-likeness (QED) is 0.711. The van der Waals surface area contributed by atoms with Crippen molar-refractivity contribution in [1.82, 2.24) is 10.3 Å². The molecule has 1 heterocycles. The Balaban J connectivity index is 2.41. The third-order valence-corrected chi connectivity index (χ3v) is 3.18. The molecule has 0 fully saturated rings. The molecule has 1 rings (SSSR count). The molecule has 18 heavy (non-hydrogen) atoms. The number of rotatable bonds is 8. The first-order chi connectivity index (χ1) is 8.67. The Kier molecular flexibility index (Phi) is 6.85. The maximum atomic E-state index is 11.6. The maximum Gasteiger partial charge on any atom is 0.228 e. The summed E-state index contributed by atoms with van der Waals surface area (Å²) in [4.78, 5) is 15.9. The van der Waals surface area contributed by atoms with E-state index in [1.54, 1.807) is 0 Å². The lowest BCUT2D eigenvalue weighted by Crippen LogP contribution is -2.18. The van der Waals surface area contributed by atoms with Gasteiger partial charge in [-0.05, 0) is 20.4 Å². The maximum absolute atomic E-state index is 11.6. The van der Waals surface area contributed by atoms with Gasteiger partial charge in [0.05, 0.1) is 18.7 Å². The van der Waals surface area contributed by atoms with Crippen molar-refractivity contribution in [2.45, 2.75) is 33.2 Å². The zero-order chi connectivity index (χ0) is 13.4. The molecule has 102 valence electrons. The summed E-state index contributed by atoms with van der Waals surface area (Å²) in [7, 11) is 0. The van der Waals surface area contributed by atoms with Crippen molar-refractivity contribution in [2.75, 3.05) is 25.1 Å². The van der Waals surface area contributed by atoms with E-state index in [1.165, 1.54) is 11.3 Å². The van der Waals surface area contributed by atoms with Crippen molar-refractivity contribution in [2.24, 2.45) is 0 Å². The average molecular weight is 271 g/mol. The fourth-order valence-electron chi connectivity index (χ4n) is 1.44. The van der Waals surface area contributed by atoms with Crippen molar-refractivity contribution >= 4 is 22.4 Å². The van der Waals surface area contributed by atoms with Gasteiger partial charge < -0.3 is 15.4 Å². The van der Waals surface area contributed by atoms with Crippen molar-refractivity contribution in [3.63, 3.8) is 0 Å². The lowest BCUT2D eigenvalue weighted by molar-refractivity contribution is -0.117. The van der Waals surface area contributed by atoms with Gasteiger partial charge in [-0.25, -0.2) is 4.98 Å².